The summed E-state index contributed by atoms with van der Waals surface area (Å²) in [5, 5.41) is 67.1. The Hall–Kier alpha value is -11.0. The number of aliphatic carboxylic acids is 5. The van der Waals surface area contributed by atoms with Gasteiger partial charge in [0.25, 0.3) is 5.91 Å². The Kier molecular flexibility index (Phi) is 32.3. The SMILES string of the molecule is Cc1ccc(NC(=O)CCC(=O)O)c(C)c1.Cc1cccc(C)c1NC(=O)CCC(=O)O.Cc1cccc(NC(=O)CCC(=O)O)c1C.Cc1ccccc1NC(=O)c1cccc(NC(=O)CCC(=O)O)c1.O=C(O)CCC(=O)Nc1ccccc1C(=O)O. The van der Waals surface area contributed by atoms with Crippen molar-refractivity contribution >= 4 is 105 Å². The van der Waals surface area contributed by atoms with Gasteiger partial charge in [0.2, 0.25) is 29.5 Å². The van der Waals surface area contributed by atoms with Gasteiger partial charge in [-0.1, -0.05) is 84.4 Å². The predicted octanol–water partition coefficient (Wildman–Crippen LogP) is 10.6. The molecule has 24 nitrogen and oxygen atoms in total. The lowest BCUT2D eigenvalue weighted by Gasteiger charge is -2.10. The molecule has 0 unspecified atom stereocenters. The molecular formula is C65H74N6O18. The lowest BCUT2D eigenvalue weighted by Crippen LogP contribution is -2.15. The van der Waals surface area contributed by atoms with E-state index < -0.39 is 47.6 Å². The molecule has 0 bridgehead atoms. The van der Waals surface area contributed by atoms with Crippen molar-refractivity contribution in [1.82, 2.24) is 0 Å². The molecule has 0 radical (unpaired) electrons. The fourth-order valence-electron chi connectivity index (χ4n) is 7.44. The number of carboxylic acid groups (broad SMARTS) is 6. The third-order valence-corrected chi connectivity index (χ3v) is 12.3. The second-order valence-electron chi connectivity index (χ2n) is 19.7. The molecule has 12 N–H and O–H groups in total. The maximum absolute atomic E-state index is 12.3. The van der Waals surface area contributed by atoms with Gasteiger partial charge >= 0.3 is 35.8 Å². The zero-order chi connectivity index (χ0) is 66.8. The minimum atomic E-state index is -1.15. The molecule has 0 aromatic heterocycles. The summed E-state index contributed by atoms with van der Waals surface area (Å²) in [6, 6.07) is 36.9. The smallest absolute Gasteiger partial charge is 0.337 e. The van der Waals surface area contributed by atoms with Gasteiger partial charge in [0.1, 0.15) is 0 Å². The fourth-order valence-corrected chi connectivity index (χ4v) is 7.44. The average molecular weight is 1230 g/mol. The quantitative estimate of drug-likeness (QED) is 0.0283. The first-order valence-electron chi connectivity index (χ1n) is 27.5. The summed E-state index contributed by atoms with van der Waals surface area (Å²) < 4.78 is 0. The van der Waals surface area contributed by atoms with Gasteiger partial charge < -0.3 is 62.5 Å². The van der Waals surface area contributed by atoms with Gasteiger partial charge in [-0.3, -0.25) is 52.7 Å². The summed E-state index contributed by atoms with van der Waals surface area (Å²) >= 11 is 0. The number of aryl methyl sites for hydroxylation is 6. The summed E-state index contributed by atoms with van der Waals surface area (Å²) in [6.45, 7) is 13.5. The fraction of sp³-hybridized carbons (Fsp3) is 0.262. The molecule has 6 amide bonds. The summed E-state index contributed by atoms with van der Waals surface area (Å²) in [5.74, 6) is -8.17. The molecule has 6 aromatic rings. The highest BCUT2D eigenvalue weighted by molar-refractivity contribution is 6.06. The van der Waals surface area contributed by atoms with Gasteiger partial charge in [-0.15, -0.1) is 0 Å². The molecule has 0 saturated carbocycles. The van der Waals surface area contributed by atoms with Crippen molar-refractivity contribution < 1.29 is 88.2 Å². The molecule has 0 aliphatic rings. The molecule has 0 atom stereocenters. The van der Waals surface area contributed by atoms with E-state index in [1.807, 2.05) is 121 Å². The van der Waals surface area contributed by atoms with Crippen molar-refractivity contribution in [3.63, 3.8) is 0 Å². The van der Waals surface area contributed by atoms with Crippen LogP contribution in [-0.2, 0) is 47.9 Å². The Morgan fingerprint density at radius 1 is 0.315 bits per heavy atom. The van der Waals surface area contributed by atoms with E-state index in [4.69, 9.17) is 30.6 Å². The number of anilines is 6. The number of hydrogen-bond donors (Lipinski definition) is 12. The van der Waals surface area contributed by atoms with Crippen LogP contribution in [0.2, 0.25) is 0 Å². The largest absolute Gasteiger partial charge is 0.481 e. The van der Waals surface area contributed by atoms with Crippen LogP contribution in [0.15, 0.2) is 127 Å². The highest BCUT2D eigenvalue weighted by atomic mass is 16.4. The third-order valence-electron chi connectivity index (χ3n) is 12.3. The van der Waals surface area contributed by atoms with Crippen LogP contribution in [0, 0.1) is 48.5 Å². The zero-order valence-corrected chi connectivity index (χ0v) is 50.3. The molecule has 89 heavy (non-hydrogen) atoms. The van der Waals surface area contributed by atoms with Crippen LogP contribution >= 0.6 is 0 Å². The van der Waals surface area contributed by atoms with E-state index in [9.17, 15) is 57.5 Å². The van der Waals surface area contributed by atoms with E-state index in [0.717, 1.165) is 61.7 Å². The van der Waals surface area contributed by atoms with Crippen molar-refractivity contribution in [2.75, 3.05) is 31.9 Å². The number of amides is 6. The molecule has 0 fully saturated rings. The van der Waals surface area contributed by atoms with Crippen LogP contribution in [0.25, 0.3) is 0 Å². The monoisotopic (exact) mass is 1230 g/mol. The van der Waals surface area contributed by atoms with E-state index in [1.165, 1.54) is 18.2 Å². The Labute approximate surface area is 513 Å². The highest BCUT2D eigenvalue weighted by Crippen LogP contribution is 2.22. The van der Waals surface area contributed by atoms with Crippen LogP contribution in [-0.4, -0.2) is 102 Å². The van der Waals surface area contributed by atoms with E-state index >= 15 is 0 Å². The molecular weight excluding hydrogens is 1150 g/mol. The third kappa shape index (κ3) is 30.6. The number of benzene rings is 6. The van der Waals surface area contributed by atoms with Crippen LogP contribution < -0.4 is 31.9 Å². The van der Waals surface area contributed by atoms with Crippen molar-refractivity contribution in [2.24, 2.45) is 0 Å². The maximum atomic E-state index is 12.3. The summed E-state index contributed by atoms with van der Waals surface area (Å²) in [6.07, 6.45) is -1.25. The second kappa shape index (κ2) is 38.8. The number of carbonyl (C=O) groups excluding carboxylic acids is 6. The standard InChI is InChI=1S/C18H18N2O4.3C12H15NO3.C11H11NO5/c1-12-5-2-3-8-15(12)20-18(24)13-6-4-7-14(11-13)19-16(21)9-10-17(22)23;1-8-3-4-10(9(2)7-8)13-11(14)5-6-12(15)16;1-8-4-3-5-10(9(8)2)13-11(14)6-7-12(15)16;1-8-4-3-5-9(2)12(8)13-10(14)6-7-11(15)16;13-9(5-6-10(14)15)12-8-4-2-1-3-7(8)11(16)17/h2-8,11H,9-10H2,1H3,(H,19,21)(H,20,24)(H,22,23);3-4,7H,5-6H2,1-2H3,(H,13,14)(H,15,16);2*3-5H,6-7H2,1-2H3,(H,13,14)(H,15,16);1-4H,5-6H2,(H,12,13)(H,14,15)(H,16,17). The summed E-state index contributed by atoms with van der Waals surface area (Å²) in [4.78, 5) is 132. The van der Waals surface area contributed by atoms with Gasteiger partial charge in [0, 0.05) is 66.1 Å². The minimum Gasteiger partial charge on any atom is -0.481 e. The van der Waals surface area contributed by atoms with Gasteiger partial charge in [-0.25, -0.2) is 4.79 Å². The Balaban J connectivity index is 0.000000383. The second-order valence-corrected chi connectivity index (χ2v) is 19.7. The van der Waals surface area contributed by atoms with E-state index in [-0.39, 0.29) is 99.1 Å². The van der Waals surface area contributed by atoms with Crippen molar-refractivity contribution in [1.29, 1.82) is 0 Å². The van der Waals surface area contributed by atoms with Crippen LogP contribution in [0.1, 0.15) is 124 Å². The zero-order valence-electron chi connectivity index (χ0n) is 50.3. The van der Waals surface area contributed by atoms with E-state index in [2.05, 4.69) is 31.9 Å². The maximum Gasteiger partial charge on any atom is 0.337 e. The van der Waals surface area contributed by atoms with Gasteiger partial charge in [0.15, 0.2) is 0 Å². The average Bonchev–Trinajstić information content (AvgIpc) is 3.58. The molecule has 0 spiro atoms. The first-order chi connectivity index (χ1) is 41.9. The normalized spacial score (nSPS) is 9.88. The molecule has 0 saturated heterocycles. The molecule has 24 heteroatoms. The lowest BCUT2D eigenvalue weighted by molar-refractivity contribution is -0.138. The number of para-hydroxylation sites is 3. The predicted molar refractivity (Wildman–Crippen MR) is 334 cm³/mol. The van der Waals surface area contributed by atoms with E-state index in [1.54, 1.807) is 36.4 Å². The van der Waals surface area contributed by atoms with Gasteiger partial charge in [0.05, 0.1) is 43.4 Å². The molecule has 6 rings (SSSR count). The summed E-state index contributed by atoms with van der Waals surface area (Å²) in [5.41, 5.74) is 11.1. The Morgan fingerprint density at radius 2 is 0.697 bits per heavy atom. The molecule has 6 aromatic carbocycles. The summed E-state index contributed by atoms with van der Waals surface area (Å²) in [7, 11) is 0. The minimum absolute atomic E-state index is 0.00263. The van der Waals surface area contributed by atoms with Crippen molar-refractivity contribution in [3.05, 3.63) is 177 Å². The lowest BCUT2D eigenvalue weighted by atomic mass is 10.1. The van der Waals surface area contributed by atoms with Gasteiger partial charge in [-0.2, -0.15) is 0 Å². The van der Waals surface area contributed by atoms with Crippen molar-refractivity contribution in [3.8, 4) is 0 Å². The first kappa shape index (κ1) is 74.1. The first-order valence-corrected chi connectivity index (χ1v) is 27.5. The molecule has 0 heterocycles. The number of nitrogens with one attached hydrogen (secondary N) is 6. The number of carboxylic acids is 6. The van der Waals surface area contributed by atoms with E-state index in [0.29, 0.717) is 11.3 Å². The molecule has 0 aliphatic carbocycles. The topological polar surface area (TPSA) is 398 Å². The van der Waals surface area contributed by atoms with Crippen molar-refractivity contribution in [2.45, 2.75) is 113 Å². The Bertz CT molecular complexity index is 3490. The van der Waals surface area contributed by atoms with Gasteiger partial charge in [-0.05, 0) is 130 Å². The van der Waals surface area contributed by atoms with Crippen LogP contribution in [0.4, 0.5) is 34.1 Å². The van der Waals surface area contributed by atoms with Crippen LogP contribution in [0.3, 0.4) is 0 Å². The molecule has 0 aliphatic heterocycles. The number of hydrogen-bond acceptors (Lipinski definition) is 12. The highest BCUT2D eigenvalue weighted by Gasteiger charge is 2.15. The molecule has 472 valence electrons. The number of aromatic carboxylic acids is 1. The number of rotatable bonds is 23. The Morgan fingerprint density at radius 3 is 1.18 bits per heavy atom. The van der Waals surface area contributed by atoms with Crippen LogP contribution in [0.5, 0.6) is 0 Å². The number of carbonyl (C=O) groups is 12.